The van der Waals surface area contributed by atoms with Gasteiger partial charge in [0.15, 0.2) is 0 Å². The first kappa shape index (κ1) is 8.24. The number of hydrogen-bond acceptors (Lipinski definition) is 2. The fourth-order valence-electron chi connectivity index (χ4n) is 3.09. The highest BCUT2D eigenvalue weighted by atomic mass is 16.1. The Bertz CT molecular complexity index is 178. The number of nitrogens with two attached hydrogens (primary N) is 1. The predicted octanol–water partition coefficient (Wildman–Crippen LogP) is 1.34. The van der Waals surface area contributed by atoms with Gasteiger partial charge in [0, 0.05) is 12.0 Å². The summed E-state index contributed by atoms with van der Waals surface area (Å²) in [4.78, 5) is 10.9. The first-order chi connectivity index (χ1) is 5.79. The molecule has 0 bridgehead atoms. The summed E-state index contributed by atoms with van der Waals surface area (Å²) in [6, 6.07) is 0. The van der Waals surface area contributed by atoms with Crippen molar-refractivity contribution in [1.29, 1.82) is 0 Å². The molecule has 0 aromatic rings. The van der Waals surface area contributed by atoms with Crippen molar-refractivity contribution < 1.29 is 4.79 Å². The van der Waals surface area contributed by atoms with Crippen LogP contribution in [0, 0.1) is 17.3 Å². The second-order valence-electron chi connectivity index (χ2n) is 4.54. The van der Waals surface area contributed by atoms with Crippen LogP contribution in [-0.2, 0) is 4.79 Å². The SMILES string of the molecule is NCC1(C=O)CC2CCCC2C1. The molecule has 12 heavy (non-hydrogen) atoms. The number of hydrogen-bond donors (Lipinski definition) is 1. The number of aldehydes is 1. The third kappa shape index (κ3) is 1.09. The number of rotatable bonds is 2. The van der Waals surface area contributed by atoms with E-state index >= 15 is 0 Å². The van der Waals surface area contributed by atoms with E-state index in [1.54, 1.807) is 0 Å². The Balaban J connectivity index is 2.09. The smallest absolute Gasteiger partial charge is 0.127 e. The largest absolute Gasteiger partial charge is 0.329 e. The van der Waals surface area contributed by atoms with Crippen molar-refractivity contribution in [1.82, 2.24) is 0 Å². The van der Waals surface area contributed by atoms with Crippen molar-refractivity contribution in [2.75, 3.05) is 6.54 Å². The normalized spacial score (nSPS) is 46.1. The molecular weight excluding hydrogens is 150 g/mol. The molecule has 2 aliphatic rings. The van der Waals surface area contributed by atoms with Crippen LogP contribution in [0.1, 0.15) is 32.1 Å². The Labute approximate surface area is 73.5 Å². The Morgan fingerprint density at radius 1 is 1.33 bits per heavy atom. The fourth-order valence-corrected chi connectivity index (χ4v) is 3.09. The van der Waals surface area contributed by atoms with Gasteiger partial charge in [-0.1, -0.05) is 19.3 Å². The molecule has 0 aliphatic heterocycles. The van der Waals surface area contributed by atoms with Crippen LogP contribution < -0.4 is 5.73 Å². The lowest BCUT2D eigenvalue weighted by molar-refractivity contribution is -0.115. The van der Waals surface area contributed by atoms with Crippen LogP contribution in [0.5, 0.6) is 0 Å². The van der Waals surface area contributed by atoms with E-state index in [1.165, 1.54) is 19.3 Å². The molecule has 2 saturated carbocycles. The summed E-state index contributed by atoms with van der Waals surface area (Å²) >= 11 is 0. The number of fused-ring (bicyclic) bond motifs is 1. The van der Waals surface area contributed by atoms with Crippen molar-refractivity contribution in [3.63, 3.8) is 0 Å². The molecule has 0 saturated heterocycles. The lowest BCUT2D eigenvalue weighted by atomic mass is 9.85. The van der Waals surface area contributed by atoms with E-state index in [0.717, 1.165) is 31.0 Å². The Hall–Kier alpha value is -0.370. The van der Waals surface area contributed by atoms with Crippen molar-refractivity contribution in [3.8, 4) is 0 Å². The van der Waals surface area contributed by atoms with Crippen LogP contribution in [0.3, 0.4) is 0 Å². The molecule has 0 aromatic heterocycles. The van der Waals surface area contributed by atoms with Gasteiger partial charge in [-0.15, -0.1) is 0 Å². The summed E-state index contributed by atoms with van der Waals surface area (Å²) in [5.74, 6) is 1.64. The highest BCUT2D eigenvalue weighted by Gasteiger charge is 2.45. The molecule has 2 aliphatic carbocycles. The average Bonchev–Trinajstić information content (AvgIpc) is 2.61. The van der Waals surface area contributed by atoms with Crippen molar-refractivity contribution >= 4 is 6.29 Å². The van der Waals surface area contributed by atoms with E-state index in [1.807, 2.05) is 0 Å². The van der Waals surface area contributed by atoms with E-state index in [-0.39, 0.29) is 5.41 Å². The van der Waals surface area contributed by atoms with Crippen LogP contribution >= 0.6 is 0 Å². The maximum atomic E-state index is 10.9. The molecule has 2 nitrogen and oxygen atoms in total. The van der Waals surface area contributed by atoms with Crippen LogP contribution in [0.2, 0.25) is 0 Å². The second kappa shape index (κ2) is 2.84. The van der Waals surface area contributed by atoms with Gasteiger partial charge in [0.1, 0.15) is 6.29 Å². The fraction of sp³-hybridized carbons (Fsp3) is 0.900. The molecular formula is C10H17NO. The maximum Gasteiger partial charge on any atom is 0.127 e. The molecule has 0 amide bonds. The van der Waals surface area contributed by atoms with Crippen LogP contribution in [0.15, 0.2) is 0 Å². The lowest BCUT2D eigenvalue weighted by Crippen LogP contribution is -2.29. The lowest BCUT2D eigenvalue weighted by Gasteiger charge is -2.20. The third-order valence-electron chi connectivity index (χ3n) is 3.81. The molecule has 0 heterocycles. The highest BCUT2D eigenvalue weighted by molar-refractivity contribution is 5.60. The van der Waals surface area contributed by atoms with Crippen molar-refractivity contribution in [3.05, 3.63) is 0 Å². The summed E-state index contributed by atoms with van der Waals surface area (Å²) in [5.41, 5.74) is 5.52. The summed E-state index contributed by atoms with van der Waals surface area (Å²) in [6.07, 6.45) is 7.29. The van der Waals surface area contributed by atoms with Gasteiger partial charge in [0.2, 0.25) is 0 Å². The topological polar surface area (TPSA) is 43.1 Å². The zero-order valence-corrected chi connectivity index (χ0v) is 7.46. The monoisotopic (exact) mass is 167 g/mol. The Morgan fingerprint density at radius 3 is 2.33 bits per heavy atom. The molecule has 0 aromatic carbocycles. The van der Waals surface area contributed by atoms with Gasteiger partial charge < -0.3 is 10.5 Å². The van der Waals surface area contributed by atoms with Crippen LogP contribution in [0.4, 0.5) is 0 Å². The van der Waals surface area contributed by atoms with E-state index in [4.69, 9.17) is 5.73 Å². The highest BCUT2D eigenvalue weighted by Crippen LogP contribution is 2.51. The molecule has 2 fully saturated rings. The maximum absolute atomic E-state index is 10.9. The standard InChI is InChI=1S/C10H17NO/c11-6-10(7-12)4-8-2-1-3-9(8)5-10/h7-9H,1-6,11H2. The van der Waals surface area contributed by atoms with Gasteiger partial charge in [0.25, 0.3) is 0 Å². The summed E-state index contributed by atoms with van der Waals surface area (Å²) in [6.45, 7) is 0.559. The zero-order valence-electron chi connectivity index (χ0n) is 7.46. The first-order valence-corrected chi connectivity index (χ1v) is 4.96. The van der Waals surface area contributed by atoms with Gasteiger partial charge in [-0.2, -0.15) is 0 Å². The van der Waals surface area contributed by atoms with E-state index in [0.29, 0.717) is 6.54 Å². The van der Waals surface area contributed by atoms with Gasteiger partial charge in [-0.25, -0.2) is 0 Å². The number of carbonyl (C=O) groups is 1. The average molecular weight is 167 g/mol. The van der Waals surface area contributed by atoms with Crippen molar-refractivity contribution in [2.24, 2.45) is 23.0 Å². The van der Waals surface area contributed by atoms with E-state index in [2.05, 4.69) is 0 Å². The Kier molecular flexibility index (Phi) is 1.95. The molecule has 2 N–H and O–H groups in total. The van der Waals surface area contributed by atoms with Crippen LogP contribution in [0.25, 0.3) is 0 Å². The summed E-state index contributed by atoms with van der Waals surface area (Å²) in [7, 11) is 0. The second-order valence-corrected chi connectivity index (χ2v) is 4.54. The Morgan fingerprint density at radius 2 is 1.92 bits per heavy atom. The third-order valence-corrected chi connectivity index (χ3v) is 3.81. The predicted molar refractivity (Wildman–Crippen MR) is 47.6 cm³/mol. The molecule has 0 spiro atoms. The van der Waals surface area contributed by atoms with Gasteiger partial charge in [-0.05, 0) is 24.7 Å². The summed E-state index contributed by atoms with van der Waals surface area (Å²) < 4.78 is 0. The van der Waals surface area contributed by atoms with E-state index < -0.39 is 0 Å². The van der Waals surface area contributed by atoms with E-state index in [9.17, 15) is 4.79 Å². The van der Waals surface area contributed by atoms with Gasteiger partial charge in [0.05, 0.1) is 0 Å². The number of carbonyl (C=O) groups excluding carboxylic acids is 1. The molecule has 2 atom stereocenters. The zero-order chi connectivity index (χ0) is 8.60. The van der Waals surface area contributed by atoms with Crippen LogP contribution in [-0.4, -0.2) is 12.8 Å². The van der Waals surface area contributed by atoms with Gasteiger partial charge >= 0.3 is 0 Å². The minimum atomic E-state index is -0.129. The minimum absolute atomic E-state index is 0.129. The van der Waals surface area contributed by atoms with Crippen molar-refractivity contribution in [2.45, 2.75) is 32.1 Å². The molecule has 0 radical (unpaired) electrons. The van der Waals surface area contributed by atoms with Gasteiger partial charge in [-0.3, -0.25) is 0 Å². The molecule has 68 valence electrons. The summed E-state index contributed by atoms with van der Waals surface area (Å²) in [5, 5.41) is 0. The quantitative estimate of drug-likeness (QED) is 0.631. The molecule has 2 unspecified atom stereocenters. The minimum Gasteiger partial charge on any atom is -0.329 e. The molecule has 2 rings (SSSR count). The first-order valence-electron chi connectivity index (χ1n) is 4.96. The molecule has 2 heteroatoms.